The lowest BCUT2D eigenvalue weighted by molar-refractivity contribution is -0.115. The van der Waals surface area contributed by atoms with Gasteiger partial charge in [0.2, 0.25) is 0 Å². The Morgan fingerprint density at radius 3 is 1.82 bits per heavy atom. The van der Waals surface area contributed by atoms with E-state index in [1.54, 1.807) is 0 Å². The summed E-state index contributed by atoms with van der Waals surface area (Å²) in [6.45, 7) is 12.7. The molecular formula is C26H32O2. The highest BCUT2D eigenvalue weighted by Crippen LogP contribution is 2.44. The van der Waals surface area contributed by atoms with Crippen molar-refractivity contribution in [3.8, 4) is 5.75 Å². The summed E-state index contributed by atoms with van der Waals surface area (Å²) < 4.78 is 0. The molecule has 0 spiro atoms. The molecule has 148 valence electrons. The van der Waals surface area contributed by atoms with Gasteiger partial charge in [-0.05, 0) is 39.5 Å². The molecule has 1 aliphatic rings. The Morgan fingerprint density at radius 2 is 1.39 bits per heavy atom. The van der Waals surface area contributed by atoms with Gasteiger partial charge in [0.05, 0.1) is 0 Å². The molecule has 0 saturated carbocycles. The molecule has 1 aliphatic carbocycles. The van der Waals surface area contributed by atoms with Crippen molar-refractivity contribution in [2.45, 2.75) is 71.1 Å². The van der Waals surface area contributed by atoms with Crippen LogP contribution in [0.3, 0.4) is 0 Å². The number of Topliss-reactive ketones (excluding diaryl/α,β-unsaturated/α-hetero) is 1. The Labute approximate surface area is 169 Å². The maximum atomic E-state index is 12.7. The number of phenolic OH excluding ortho intramolecular Hbond substituents is 1. The summed E-state index contributed by atoms with van der Waals surface area (Å²) in [5.41, 5.74) is 4.56. The van der Waals surface area contributed by atoms with E-state index in [1.807, 2.05) is 18.2 Å². The quantitative estimate of drug-likeness (QED) is 0.672. The van der Waals surface area contributed by atoms with E-state index in [0.29, 0.717) is 12.2 Å². The van der Waals surface area contributed by atoms with E-state index in [-0.39, 0.29) is 22.5 Å². The smallest absolute Gasteiger partial charge is 0.159 e. The Kier molecular flexibility index (Phi) is 5.27. The Bertz CT molecular complexity index is 871. The number of allylic oxidation sites excluding steroid dienone is 2. The third kappa shape index (κ3) is 3.92. The van der Waals surface area contributed by atoms with E-state index in [9.17, 15) is 9.90 Å². The van der Waals surface area contributed by atoms with Gasteiger partial charge in [-0.15, -0.1) is 0 Å². The van der Waals surface area contributed by atoms with Crippen molar-refractivity contribution in [1.82, 2.24) is 0 Å². The number of carbonyl (C=O) groups excluding carboxylic acids is 1. The van der Waals surface area contributed by atoms with Crippen LogP contribution in [0, 0.1) is 0 Å². The van der Waals surface area contributed by atoms with E-state index in [0.717, 1.165) is 34.2 Å². The Hall–Kier alpha value is -2.35. The minimum Gasteiger partial charge on any atom is -0.507 e. The molecule has 3 rings (SSSR count). The molecule has 1 N–H and O–H groups in total. The highest BCUT2D eigenvalue weighted by molar-refractivity contribution is 5.99. The van der Waals surface area contributed by atoms with Crippen molar-refractivity contribution in [3.63, 3.8) is 0 Å². The fourth-order valence-electron chi connectivity index (χ4n) is 4.06. The average Bonchev–Trinajstić information content (AvgIpc) is 3.01. The van der Waals surface area contributed by atoms with Crippen LogP contribution in [0.1, 0.15) is 82.6 Å². The van der Waals surface area contributed by atoms with Gasteiger partial charge in [0.1, 0.15) is 5.75 Å². The molecule has 0 bridgehead atoms. The van der Waals surface area contributed by atoms with Crippen LogP contribution < -0.4 is 0 Å². The monoisotopic (exact) mass is 376 g/mol. The maximum absolute atomic E-state index is 12.7. The van der Waals surface area contributed by atoms with Crippen molar-refractivity contribution in [2.24, 2.45) is 0 Å². The number of ketones is 1. The van der Waals surface area contributed by atoms with Gasteiger partial charge in [-0.25, -0.2) is 0 Å². The van der Waals surface area contributed by atoms with Crippen LogP contribution in [0.5, 0.6) is 5.75 Å². The summed E-state index contributed by atoms with van der Waals surface area (Å²) >= 11 is 0. The van der Waals surface area contributed by atoms with E-state index in [4.69, 9.17) is 0 Å². The number of phenols is 1. The summed E-state index contributed by atoms with van der Waals surface area (Å²) in [4.78, 5) is 12.7. The summed E-state index contributed by atoms with van der Waals surface area (Å²) in [6, 6.07) is 14.5. The molecule has 0 radical (unpaired) electrons. The summed E-state index contributed by atoms with van der Waals surface area (Å²) in [7, 11) is 0. The van der Waals surface area contributed by atoms with Crippen LogP contribution in [0.15, 0.2) is 54.1 Å². The molecule has 2 nitrogen and oxygen atoms in total. The maximum Gasteiger partial charge on any atom is 0.159 e. The molecule has 1 unspecified atom stereocenters. The topological polar surface area (TPSA) is 37.3 Å². The first-order valence-corrected chi connectivity index (χ1v) is 10.2. The molecular weight excluding hydrogens is 344 g/mol. The second-order valence-corrected chi connectivity index (χ2v) is 9.93. The van der Waals surface area contributed by atoms with E-state index in [1.165, 1.54) is 0 Å². The zero-order valence-corrected chi connectivity index (χ0v) is 18.0. The summed E-state index contributed by atoms with van der Waals surface area (Å²) in [6.07, 6.45) is 3.50. The van der Waals surface area contributed by atoms with Gasteiger partial charge in [0, 0.05) is 17.9 Å². The van der Waals surface area contributed by atoms with Crippen molar-refractivity contribution in [3.05, 3.63) is 76.4 Å². The van der Waals surface area contributed by atoms with Gasteiger partial charge in [-0.3, -0.25) is 4.79 Å². The SMILES string of the molecule is CC(C)(C)c1cc(C(C2=CCCC2=O)c2ccccc2)cc(C(C)(C)C)c1O. The highest BCUT2D eigenvalue weighted by Gasteiger charge is 2.32. The molecule has 2 aromatic carbocycles. The Morgan fingerprint density at radius 1 is 0.857 bits per heavy atom. The van der Waals surface area contributed by atoms with E-state index < -0.39 is 0 Å². The second-order valence-electron chi connectivity index (χ2n) is 9.93. The van der Waals surface area contributed by atoms with Crippen molar-refractivity contribution >= 4 is 5.78 Å². The largest absolute Gasteiger partial charge is 0.507 e. The third-order valence-electron chi connectivity index (χ3n) is 5.58. The number of aromatic hydroxyl groups is 1. The first kappa shape index (κ1) is 20.4. The summed E-state index contributed by atoms with van der Waals surface area (Å²) in [5, 5.41) is 11.1. The standard InChI is InChI=1S/C26H32O2/c1-25(2,3)20-15-18(16-21(24(20)28)26(4,5)6)23(17-11-8-7-9-12-17)19-13-10-14-22(19)27/h7-9,11-13,15-16,23,28H,10,14H2,1-6H3. The molecule has 2 heteroatoms. The highest BCUT2D eigenvalue weighted by atomic mass is 16.3. The fourth-order valence-corrected chi connectivity index (χ4v) is 4.06. The third-order valence-corrected chi connectivity index (χ3v) is 5.58. The van der Waals surface area contributed by atoms with Crippen LogP contribution >= 0.6 is 0 Å². The molecule has 0 aromatic heterocycles. The summed E-state index contributed by atoms with van der Waals surface area (Å²) in [5.74, 6) is 0.512. The van der Waals surface area contributed by atoms with E-state index in [2.05, 4.69) is 71.9 Å². The zero-order valence-electron chi connectivity index (χ0n) is 18.0. The van der Waals surface area contributed by atoms with Gasteiger partial charge in [-0.2, -0.15) is 0 Å². The number of hydrogen-bond donors (Lipinski definition) is 1. The number of carbonyl (C=O) groups is 1. The molecule has 1 atom stereocenters. The van der Waals surface area contributed by atoms with Gasteiger partial charge >= 0.3 is 0 Å². The van der Waals surface area contributed by atoms with Crippen molar-refractivity contribution < 1.29 is 9.90 Å². The molecule has 28 heavy (non-hydrogen) atoms. The minimum absolute atomic E-state index is 0.0981. The Balaban J connectivity index is 2.30. The van der Waals surface area contributed by atoms with Crippen LogP contribution in [0.25, 0.3) is 0 Å². The van der Waals surface area contributed by atoms with E-state index >= 15 is 0 Å². The predicted molar refractivity (Wildman–Crippen MR) is 116 cm³/mol. The van der Waals surface area contributed by atoms with Crippen LogP contribution in [-0.2, 0) is 15.6 Å². The van der Waals surface area contributed by atoms with Crippen LogP contribution in [0.4, 0.5) is 0 Å². The van der Waals surface area contributed by atoms with Gasteiger partial charge in [0.25, 0.3) is 0 Å². The van der Waals surface area contributed by atoms with Gasteiger partial charge in [-0.1, -0.05) is 90.1 Å². The van der Waals surface area contributed by atoms with Crippen molar-refractivity contribution in [1.29, 1.82) is 0 Å². The molecule has 0 fully saturated rings. The van der Waals surface area contributed by atoms with Gasteiger partial charge in [0.15, 0.2) is 5.78 Å². The predicted octanol–water partition coefficient (Wildman–Crippen LogP) is 6.41. The average molecular weight is 377 g/mol. The number of rotatable bonds is 3. The molecule has 0 saturated heterocycles. The second kappa shape index (κ2) is 7.24. The lowest BCUT2D eigenvalue weighted by Crippen LogP contribution is -2.19. The van der Waals surface area contributed by atoms with Crippen molar-refractivity contribution in [2.75, 3.05) is 0 Å². The lowest BCUT2D eigenvalue weighted by atomic mass is 9.75. The molecule has 0 amide bonds. The number of hydrogen-bond acceptors (Lipinski definition) is 2. The fraction of sp³-hybridized carbons (Fsp3) is 0.423. The number of benzene rings is 2. The molecule has 0 heterocycles. The van der Waals surface area contributed by atoms with Gasteiger partial charge < -0.3 is 5.11 Å². The first-order valence-electron chi connectivity index (χ1n) is 10.2. The molecule has 0 aliphatic heterocycles. The molecule has 2 aromatic rings. The first-order chi connectivity index (χ1) is 13.0. The normalized spacial score (nSPS) is 16.2. The minimum atomic E-state index is -0.199. The van der Waals surface area contributed by atoms with Crippen LogP contribution in [-0.4, -0.2) is 10.9 Å². The zero-order chi connectivity index (χ0) is 20.7. The lowest BCUT2D eigenvalue weighted by Gasteiger charge is -2.30. The van der Waals surface area contributed by atoms with Crippen LogP contribution in [0.2, 0.25) is 0 Å².